The SMILES string of the molecule is Cc1cc(/C=N\NC(=O)c2ccccn2)c(C)n1-c1ccc(C(=O)O)c(Cl)c1. The van der Waals surface area contributed by atoms with Crippen LogP contribution in [-0.2, 0) is 0 Å². The molecule has 3 aromatic rings. The summed E-state index contributed by atoms with van der Waals surface area (Å²) in [7, 11) is 0. The van der Waals surface area contributed by atoms with Gasteiger partial charge in [0, 0.05) is 28.8 Å². The molecule has 0 radical (unpaired) electrons. The number of halogens is 1. The summed E-state index contributed by atoms with van der Waals surface area (Å²) in [5.74, 6) is -1.48. The maximum absolute atomic E-state index is 12.0. The minimum Gasteiger partial charge on any atom is -0.478 e. The Balaban J connectivity index is 1.83. The number of nitrogens with zero attached hydrogens (tertiary/aromatic N) is 3. The molecule has 0 aliphatic heterocycles. The fourth-order valence-corrected chi connectivity index (χ4v) is 3.10. The molecule has 0 spiro atoms. The van der Waals surface area contributed by atoms with Crippen LogP contribution < -0.4 is 5.43 Å². The number of hydrogen-bond acceptors (Lipinski definition) is 4. The van der Waals surface area contributed by atoms with Crippen molar-refractivity contribution in [2.45, 2.75) is 13.8 Å². The van der Waals surface area contributed by atoms with Crippen LogP contribution >= 0.6 is 11.6 Å². The molecule has 0 aliphatic rings. The fourth-order valence-electron chi connectivity index (χ4n) is 2.85. The first-order valence-electron chi connectivity index (χ1n) is 8.35. The van der Waals surface area contributed by atoms with Crippen molar-refractivity contribution in [1.82, 2.24) is 15.0 Å². The molecule has 1 amide bonds. The predicted octanol–water partition coefficient (Wildman–Crippen LogP) is 3.60. The topological polar surface area (TPSA) is 96.6 Å². The van der Waals surface area contributed by atoms with Crippen LogP contribution in [0.2, 0.25) is 5.02 Å². The second-order valence-corrected chi connectivity index (χ2v) is 6.45. The lowest BCUT2D eigenvalue weighted by molar-refractivity contribution is 0.0697. The highest BCUT2D eigenvalue weighted by Crippen LogP contribution is 2.24. The highest BCUT2D eigenvalue weighted by molar-refractivity contribution is 6.33. The van der Waals surface area contributed by atoms with E-state index in [0.717, 1.165) is 22.6 Å². The standard InChI is InChI=1S/C20H17ClN4O3/c1-12-9-14(11-23-24-19(26)18-5-3-4-8-22-18)13(2)25(12)15-6-7-16(20(27)28)17(21)10-15/h3-11H,1-2H3,(H,24,26)(H,27,28)/b23-11-. The van der Waals surface area contributed by atoms with Gasteiger partial charge in [-0.25, -0.2) is 10.2 Å². The van der Waals surface area contributed by atoms with Gasteiger partial charge in [0.15, 0.2) is 0 Å². The van der Waals surface area contributed by atoms with Crippen LogP contribution in [0.4, 0.5) is 0 Å². The molecule has 1 aromatic carbocycles. The quantitative estimate of drug-likeness (QED) is 0.508. The number of rotatable bonds is 5. The van der Waals surface area contributed by atoms with E-state index in [1.165, 1.54) is 12.3 Å². The molecule has 2 aromatic heterocycles. The molecule has 0 fully saturated rings. The van der Waals surface area contributed by atoms with Crippen molar-refractivity contribution in [3.05, 3.63) is 81.9 Å². The normalized spacial score (nSPS) is 11.0. The number of nitrogens with one attached hydrogen (secondary N) is 1. The molecule has 0 bridgehead atoms. The van der Waals surface area contributed by atoms with Crippen LogP contribution in [0.15, 0.2) is 53.8 Å². The van der Waals surface area contributed by atoms with Gasteiger partial charge in [0.2, 0.25) is 0 Å². The molecule has 2 heterocycles. The number of amides is 1. The van der Waals surface area contributed by atoms with Crippen molar-refractivity contribution >= 4 is 29.7 Å². The summed E-state index contributed by atoms with van der Waals surface area (Å²) in [4.78, 5) is 27.1. The lowest BCUT2D eigenvalue weighted by Gasteiger charge is -2.11. The first-order valence-corrected chi connectivity index (χ1v) is 8.73. The third-order valence-electron chi connectivity index (χ3n) is 4.18. The zero-order valence-electron chi connectivity index (χ0n) is 15.2. The van der Waals surface area contributed by atoms with E-state index in [-0.39, 0.29) is 16.3 Å². The summed E-state index contributed by atoms with van der Waals surface area (Å²) >= 11 is 6.09. The molecule has 8 heteroatoms. The molecule has 0 unspecified atom stereocenters. The van der Waals surface area contributed by atoms with E-state index in [4.69, 9.17) is 16.7 Å². The van der Waals surface area contributed by atoms with E-state index in [9.17, 15) is 9.59 Å². The van der Waals surface area contributed by atoms with Crippen molar-refractivity contribution in [3.8, 4) is 5.69 Å². The van der Waals surface area contributed by atoms with Crippen molar-refractivity contribution < 1.29 is 14.7 Å². The zero-order chi connectivity index (χ0) is 20.3. The van der Waals surface area contributed by atoms with Crippen LogP contribution in [0.5, 0.6) is 0 Å². The first kappa shape index (κ1) is 19.3. The van der Waals surface area contributed by atoms with Crippen molar-refractivity contribution in [3.63, 3.8) is 0 Å². The van der Waals surface area contributed by atoms with E-state index in [1.54, 1.807) is 36.5 Å². The monoisotopic (exact) mass is 396 g/mol. The molecule has 2 N–H and O–H groups in total. The van der Waals surface area contributed by atoms with E-state index >= 15 is 0 Å². The smallest absolute Gasteiger partial charge is 0.337 e. The second kappa shape index (κ2) is 8.06. The number of carbonyl (C=O) groups is 2. The van der Waals surface area contributed by atoms with Gasteiger partial charge < -0.3 is 9.67 Å². The molecule has 0 saturated heterocycles. The Morgan fingerprint density at radius 2 is 2.00 bits per heavy atom. The van der Waals surface area contributed by atoms with E-state index in [0.29, 0.717) is 0 Å². The summed E-state index contributed by atoms with van der Waals surface area (Å²) in [5, 5.41) is 13.3. The predicted molar refractivity (Wildman–Crippen MR) is 107 cm³/mol. The van der Waals surface area contributed by atoms with Gasteiger partial charge in [0.05, 0.1) is 16.8 Å². The van der Waals surface area contributed by atoms with Crippen LogP contribution in [0.1, 0.15) is 37.8 Å². The van der Waals surface area contributed by atoms with Crippen molar-refractivity contribution in [2.75, 3.05) is 0 Å². The molecule has 28 heavy (non-hydrogen) atoms. The Bertz CT molecular complexity index is 1070. The lowest BCUT2D eigenvalue weighted by atomic mass is 10.2. The van der Waals surface area contributed by atoms with Gasteiger partial charge in [-0.2, -0.15) is 5.10 Å². The fraction of sp³-hybridized carbons (Fsp3) is 0.100. The van der Waals surface area contributed by atoms with E-state index in [1.807, 2.05) is 24.5 Å². The molecule has 142 valence electrons. The average Bonchev–Trinajstić information content (AvgIpc) is 2.95. The number of benzene rings is 1. The molecule has 0 atom stereocenters. The van der Waals surface area contributed by atoms with E-state index < -0.39 is 11.9 Å². The number of carbonyl (C=O) groups excluding carboxylic acids is 1. The Hall–Kier alpha value is -3.45. The Morgan fingerprint density at radius 3 is 2.64 bits per heavy atom. The number of pyridine rings is 1. The molecule has 3 rings (SSSR count). The third kappa shape index (κ3) is 3.94. The summed E-state index contributed by atoms with van der Waals surface area (Å²) < 4.78 is 1.93. The number of aryl methyl sites for hydroxylation is 1. The summed E-state index contributed by atoms with van der Waals surface area (Å²) in [6, 6.07) is 11.7. The van der Waals surface area contributed by atoms with Crippen LogP contribution in [0.3, 0.4) is 0 Å². The number of hydrazone groups is 1. The van der Waals surface area contributed by atoms with Crippen LogP contribution in [0, 0.1) is 13.8 Å². The van der Waals surface area contributed by atoms with Crippen molar-refractivity contribution in [1.29, 1.82) is 0 Å². The van der Waals surface area contributed by atoms with Crippen LogP contribution in [0.25, 0.3) is 5.69 Å². The molecule has 0 saturated carbocycles. The Kier molecular flexibility index (Phi) is 5.56. The van der Waals surface area contributed by atoms with Gasteiger partial charge in [-0.15, -0.1) is 0 Å². The van der Waals surface area contributed by atoms with Gasteiger partial charge in [0.1, 0.15) is 5.69 Å². The Morgan fingerprint density at radius 1 is 1.21 bits per heavy atom. The number of aromatic carboxylic acids is 1. The highest BCUT2D eigenvalue weighted by atomic mass is 35.5. The number of hydrogen-bond donors (Lipinski definition) is 2. The minimum absolute atomic E-state index is 0.0481. The highest BCUT2D eigenvalue weighted by Gasteiger charge is 2.13. The number of carboxylic acid groups (broad SMARTS) is 1. The lowest BCUT2D eigenvalue weighted by Crippen LogP contribution is -2.18. The number of carboxylic acids is 1. The van der Waals surface area contributed by atoms with Gasteiger partial charge >= 0.3 is 5.97 Å². The summed E-state index contributed by atoms with van der Waals surface area (Å²) in [6.07, 6.45) is 3.08. The summed E-state index contributed by atoms with van der Waals surface area (Å²) in [6.45, 7) is 3.81. The first-order chi connectivity index (χ1) is 13.4. The molecule has 7 nitrogen and oxygen atoms in total. The average molecular weight is 397 g/mol. The second-order valence-electron chi connectivity index (χ2n) is 6.05. The molecular formula is C20H17ClN4O3. The van der Waals surface area contributed by atoms with Gasteiger partial charge in [-0.3, -0.25) is 9.78 Å². The third-order valence-corrected chi connectivity index (χ3v) is 4.49. The summed E-state index contributed by atoms with van der Waals surface area (Å²) in [5.41, 5.74) is 6.09. The number of aromatic nitrogens is 2. The van der Waals surface area contributed by atoms with Gasteiger partial charge in [-0.1, -0.05) is 17.7 Å². The zero-order valence-corrected chi connectivity index (χ0v) is 15.9. The van der Waals surface area contributed by atoms with Gasteiger partial charge in [0.25, 0.3) is 5.91 Å². The molecule has 0 aliphatic carbocycles. The van der Waals surface area contributed by atoms with Gasteiger partial charge in [-0.05, 0) is 50.2 Å². The Labute approximate surface area is 166 Å². The molecular weight excluding hydrogens is 380 g/mol. The van der Waals surface area contributed by atoms with Crippen LogP contribution in [-0.4, -0.2) is 32.7 Å². The largest absolute Gasteiger partial charge is 0.478 e. The minimum atomic E-state index is -1.08. The van der Waals surface area contributed by atoms with Crippen molar-refractivity contribution in [2.24, 2.45) is 5.10 Å². The van der Waals surface area contributed by atoms with E-state index in [2.05, 4.69) is 15.5 Å². The maximum Gasteiger partial charge on any atom is 0.337 e. The maximum atomic E-state index is 12.0.